The van der Waals surface area contributed by atoms with Crippen LogP contribution in [0.1, 0.15) is 37.0 Å². The van der Waals surface area contributed by atoms with Crippen LogP contribution < -0.4 is 10.1 Å². The van der Waals surface area contributed by atoms with Crippen molar-refractivity contribution in [3.05, 3.63) is 62.0 Å². The highest BCUT2D eigenvalue weighted by Crippen LogP contribution is 2.26. The van der Waals surface area contributed by atoms with Crippen molar-refractivity contribution in [2.45, 2.75) is 46.7 Å². The van der Waals surface area contributed by atoms with E-state index in [1.165, 1.54) is 0 Å². The first-order valence-corrected chi connectivity index (χ1v) is 11.5. The van der Waals surface area contributed by atoms with E-state index in [4.69, 9.17) is 4.74 Å². The minimum atomic E-state index is -0.611. The van der Waals surface area contributed by atoms with Crippen molar-refractivity contribution >= 4 is 43.7 Å². The molecular weight excluding hydrogens is 512 g/mol. The van der Waals surface area contributed by atoms with Crippen LogP contribution in [-0.2, 0) is 16.1 Å². The smallest absolute Gasteiger partial charge is 0.261 e. The fourth-order valence-corrected chi connectivity index (χ4v) is 3.70. The summed E-state index contributed by atoms with van der Waals surface area (Å²) in [7, 11) is 0. The molecule has 0 radical (unpaired) electrons. The quantitative estimate of drug-likeness (QED) is 0.479. The van der Waals surface area contributed by atoms with Crippen molar-refractivity contribution in [1.82, 2.24) is 10.2 Å². The van der Waals surface area contributed by atoms with E-state index >= 15 is 0 Å². The third kappa shape index (κ3) is 6.84. The molecule has 1 N–H and O–H groups in total. The number of carbonyl (C=O) groups excluding carboxylic acids is 2. The minimum absolute atomic E-state index is 0.139. The zero-order valence-electron chi connectivity index (χ0n) is 17.8. The average molecular weight is 540 g/mol. The summed E-state index contributed by atoms with van der Waals surface area (Å²) in [5, 5.41) is 2.87. The maximum Gasteiger partial charge on any atom is 0.261 e. The second-order valence-electron chi connectivity index (χ2n) is 7.28. The van der Waals surface area contributed by atoms with Gasteiger partial charge >= 0.3 is 0 Å². The lowest BCUT2D eigenvalue weighted by Gasteiger charge is -2.29. The zero-order chi connectivity index (χ0) is 22.3. The van der Waals surface area contributed by atoms with Gasteiger partial charge in [-0.2, -0.15) is 0 Å². The Bertz CT molecular complexity index is 879. The molecule has 2 rings (SSSR count). The van der Waals surface area contributed by atoms with Crippen molar-refractivity contribution in [1.29, 1.82) is 0 Å². The summed E-state index contributed by atoms with van der Waals surface area (Å²) in [6, 6.07) is 10.9. The molecule has 0 saturated carbocycles. The van der Waals surface area contributed by atoms with Crippen LogP contribution in [0.3, 0.4) is 0 Å². The number of hydrogen-bond acceptors (Lipinski definition) is 3. The van der Waals surface area contributed by atoms with Crippen LogP contribution >= 0.6 is 31.9 Å². The van der Waals surface area contributed by atoms with Gasteiger partial charge in [0.05, 0.1) is 0 Å². The number of nitrogens with zero attached hydrogens (tertiary/aromatic N) is 1. The standard InChI is InChI=1S/C23H28Br2N2O3/c1-5-9-26-23(29)17(4)27(13-18-7-6-8-19(24)12-18)21(28)14-30-20-10-15(2)22(25)16(3)11-20/h6-8,10-12,17H,5,9,13-14H2,1-4H3,(H,26,29)/t17-/m0/s1. The van der Waals surface area contributed by atoms with Crippen molar-refractivity contribution in [3.8, 4) is 5.75 Å². The lowest BCUT2D eigenvalue weighted by atomic mass is 10.1. The maximum atomic E-state index is 13.1. The number of ether oxygens (including phenoxy) is 1. The summed E-state index contributed by atoms with van der Waals surface area (Å²) in [4.78, 5) is 27.2. The Balaban J connectivity index is 2.17. The molecular formula is C23H28Br2N2O3. The van der Waals surface area contributed by atoms with E-state index in [9.17, 15) is 9.59 Å². The molecule has 0 aliphatic heterocycles. The lowest BCUT2D eigenvalue weighted by molar-refractivity contribution is -0.142. The van der Waals surface area contributed by atoms with Gasteiger partial charge in [-0.05, 0) is 68.1 Å². The normalized spacial score (nSPS) is 11.7. The van der Waals surface area contributed by atoms with Crippen LogP contribution in [0, 0.1) is 13.8 Å². The zero-order valence-corrected chi connectivity index (χ0v) is 21.0. The molecule has 1 atom stereocenters. The SMILES string of the molecule is CCCNC(=O)[C@H](C)N(Cc1cccc(Br)c1)C(=O)COc1cc(C)c(Br)c(C)c1. The van der Waals surface area contributed by atoms with Crippen LogP contribution in [0.2, 0.25) is 0 Å². The summed E-state index contributed by atoms with van der Waals surface area (Å²) < 4.78 is 7.74. The Morgan fingerprint density at radius 2 is 1.80 bits per heavy atom. The van der Waals surface area contributed by atoms with Crippen molar-refractivity contribution in [3.63, 3.8) is 0 Å². The summed E-state index contributed by atoms with van der Waals surface area (Å²) in [5.74, 6) is 0.218. The third-order valence-corrected chi connectivity index (χ3v) is 6.47. The number of halogens is 2. The summed E-state index contributed by atoms with van der Waals surface area (Å²) in [6.45, 7) is 8.45. The first-order valence-electron chi connectivity index (χ1n) is 9.94. The Morgan fingerprint density at radius 1 is 1.13 bits per heavy atom. The van der Waals surface area contributed by atoms with E-state index < -0.39 is 6.04 Å². The van der Waals surface area contributed by atoms with Gasteiger partial charge < -0.3 is 15.0 Å². The van der Waals surface area contributed by atoms with Crippen molar-refractivity contribution in [2.75, 3.05) is 13.2 Å². The van der Waals surface area contributed by atoms with Crippen LogP contribution in [0.4, 0.5) is 0 Å². The molecule has 0 aliphatic rings. The maximum absolute atomic E-state index is 13.1. The van der Waals surface area contributed by atoms with Gasteiger partial charge in [-0.15, -0.1) is 0 Å². The number of aryl methyl sites for hydroxylation is 2. The minimum Gasteiger partial charge on any atom is -0.484 e. The lowest BCUT2D eigenvalue weighted by Crippen LogP contribution is -2.49. The molecule has 0 spiro atoms. The molecule has 0 unspecified atom stereocenters. The second kappa shape index (κ2) is 11.5. The van der Waals surface area contributed by atoms with Gasteiger partial charge in [0.2, 0.25) is 5.91 Å². The Labute approximate surface area is 195 Å². The molecule has 162 valence electrons. The fraction of sp³-hybridized carbons (Fsp3) is 0.391. The summed E-state index contributed by atoms with van der Waals surface area (Å²) >= 11 is 6.99. The van der Waals surface area contributed by atoms with Crippen LogP contribution in [0.15, 0.2) is 45.3 Å². The topological polar surface area (TPSA) is 58.6 Å². The van der Waals surface area contributed by atoms with Gasteiger partial charge in [0.25, 0.3) is 5.91 Å². The number of benzene rings is 2. The molecule has 2 aromatic rings. The van der Waals surface area contributed by atoms with E-state index in [2.05, 4.69) is 37.2 Å². The highest BCUT2D eigenvalue weighted by molar-refractivity contribution is 9.10. The van der Waals surface area contributed by atoms with E-state index in [1.807, 2.05) is 57.2 Å². The number of carbonyl (C=O) groups is 2. The molecule has 30 heavy (non-hydrogen) atoms. The fourth-order valence-electron chi connectivity index (χ4n) is 3.03. The van der Waals surface area contributed by atoms with E-state index in [0.29, 0.717) is 18.8 Å². The molecule has 2 amide bonds. The molecule has 0 aliphatic carbocycles. The molecule has 0 aromatic heterocycles. The van der Waals surface area contributed by atoms with E-state index in [0.717, 1.165) is 32.1 Å². The molecule has 0 bridgehead atoms. The molecule has 2 aromatic carbocycles. The molecule has 0 heterocycles. The van der Waals surface area contributed by atoms with E-state index in [-0.39, 0.29) is 18.4 Å². The number of amides is 2. The van der Waals surface area contributed by atoms with Gasteiger partial charge in [-0.3, -0.25) is 9.59 Å². The second-order valence-corrected chi connectivity index (χ2v) is 8.99. The third-order valence-electron chi connectivity index (χ3n) is 4.73. The first-order chi connectivity index (χ1) is 14.2. The van der Waals surface area contributed by atoms with Gasteiger partial charge in [0, 0.05) is 22.0 Å². The number of rotatable bonds is 9. The monoisotopic (exact) mass is 538 g/mol. The Kier molecular flexibility index (Phi) is 9.37. The highest BCUT2D eigenvalue weighted by atomic mass is 79.9. The largest absolute Gasteiger partial charge is 0.484 e. The van der Waals surface area contributed by atoms with Gasteiger partial charge in [0.1, 0.15) is 11.8 Å². The average Bonchev–Trinajstić information content (AvgIpc) is 2.71. The summed E-state index contributed by atoms with van der Waals surface area (Å²) in [5.41, 5.74) is 3.01. The van der Waals surface area contributed by atoms with Crippen LogP contribution in [0.25, 0.3) is 0 Å². The predicted molar refractivity (Wildman–Crippen MR) is 127 cm³/mol. The summed E-state index contributed by atoms with van der Waals surface area (Å²) in [6.07, 6.45) is 0.837. The van der Waals surface area contributed by atoms with Gasteiger partial charge in [-0.1, -0.05) is 50.9 Å². The molecule has 0 fully saturated rings. The highest BCUT2D eigenvalue weighted by Gasteiger charge is 2.26. The Hall–Kier alpha value is -1.86. The number of hydrogen-bond donors (Lipinski definition) is 1. The van der Waals surface area contributed by atoms with Crippen molar-refractivity contribution in [2.24, 2.45) is 0 Å². The predicted octanol–water partition coefficient (Wildman–Crippen LogP) is 5.15. The van der Waals surface area contributed by atoms with Gasteiger partial charge in [0.15, 0.2) is 6.61 Å². The Morgan fingerprint density at radius 3 is 2.40 bits per heavy atom. The molecule has 0 saturated heterocycles. The first kappa shape index (κ1) is 24.4. The van der Waals surface area contributed by atoms with Crippen LogP contribution in [0.5, 0.6) is 5.75 Å². The van der Waals surface area contributed by atoms with Crippen molar-refractivity contribution < 1.29 is 14.3 Å². The molecule has 7 heteroatoms. The number of nitrogens with one attached hydrogen (secondary N) is 1. The van der Waals surface area contributed by atoms with Gasteiger partial charge in [-0.25, -0.2) is 0 Å². The molecule has 5 nitrogen and oxygen atoms in total. The van der Waals surface area contributed by atoms with E-state index in [1.54, 1.807) is 11.8 Å². The van der Waals surface area contributed by atoms with Crippen LogP contribution in [-0.4, -0.2) is 35.9 Å².